The van der Waals surface area contributed by atoms with Gasteiger partial charge in [0.15, 0.2) is 5.17 Å². The fraction of sp³-hybridized carbons (Fsp3) is 0.562. The first-order valence-electron chi connectivity index (χ1n) is 7.22. The molecule has 0 aliphatic carbocycles. The van der Waals surface area contributed by atoms with Gasteiger partial charge in [0.2, 0.25) is 0 Å². The highest BCUT2D eigenvalue weighted by Gasteiger charge is 2.14. The van der Waals surface area contributed by atoms with Gasteiger partial charge in [0.1, 0.15) is 0 Å². The van der Waals surface area contributed by atoms with Crippen molar-refractivity contribution < 1.29 is 9.53 Å². The first kappa shape index (κ1) is 18.5. The second kappa shape index (κ2) is 8.17. The van der Waals surface area contributed by atoms with Gasteiger partial charge in [0.25, 0.3) is 0 Å². The second-order valence-corrected chi connectivity index (χ2v) is 7.44. The van der Waals surface area contributed by atoms with Crippen LogP contribution < -0.4 is 5.73 Å². The minimum absolute atomic E-state index is 0.0825. The molecule has 0 fully saturated rings. The monoisotopic (exact) mass is 323 g/mol. The lowest BCUT2D eigenvalue weighted by Gasteiger charge is -2.19. The number of pyridine rings is 1. The highest BCUT2D eigenvalue weighted by molar-refractivity contribution is 8.13. The molecule has 1 aromatic heterocycles. The number of nitrogens with zero attached hydrogens (tertiary/aromatic N) is 1. The summed E-state index contributed by atoms with van der Waals surface area (Å²) in [4.78, 5) is 15.9. The highest BCUT2D eigenvalue weighted by Crippen LogP contribution is 2.23. The van der Waals surface area contributed by atoms with E-state index in [0.717, 1.165) is 17.8 Å². The van der Waals surface area contributed by atoms with Crippen LogP contribution in [0.2, 0.25) is 0 Å². The standard InChI is InChI=1S/C16H25N3O2S/c1-16(2,3)9-11-7-12(5-6-14(20)21-4)19-13(8-11)10-22-15(17)18/h7-8H,5-6,9-10H2,1-4H3,(H3,17,18). The van der Waals surface area contributed by atoms with Crippen LogP contribution in [0.4, 0.5) is 0 Å². The number of hydrogen-bond acceptors (Lipinski definition) is 5. The minimum Gasteiger partial charge on any atom is -0.469 e. The molecule has 0 atom stereocenters. The number of esters is 1. The van der Waals surface area contributed by atoms with Crippen molar-refractivity contribution in [3.8, 4) is 0 Å². The Hall–Kier alpha value is -1.56. The van der Waals surface area contributed by atoms with Gasteiger partial charge in [-0.25, -0.2) is 0 Å². The third-order valence-electron chi connectivity index (χ3n) is 2.91. The molecule has 0 unspecified atom stereocenters. The molecular weight excluding hydrogens is 298 g/mol. The van der Waals surface area contributed by atoms with E-state index in [1.54, 1.807) is 0 Å². The number of ether oxygens (including phenoxy) is 1. The number of carbonyl (C=O) groups is 1. The molecule has 1 heterocycles. The predicted octanol–water partition coefficient (Wildman–Crippen LogP) is 2.90. The van der Waals surface area contributed by atoms with E-state index in [1.807, 2.05) is 0 Å². The molecule has 0 saturated carbocycles. The summed E-state index contributed by atoms with van der Waals surface area (Å²) in [6, 6.07) is 4.11. The van der Waals surface area contributed by atoms with Crippen LogP contribution in [0.15, 0.2) is 12.1 Å². The van der Waals surface area contributed by atoms with E-state index in [-0.39, 0.29) is 16.6 Å². The number of aryl methyl sites for hydroxylation is 1. The van der Waals surface area contributed by atoms with E-state index in [1.165, 1.54) is 24.4 Å². The van der Waals surface area contributed by atoms with Crippen molar-refractivity contribution in [3.05, 3.63) is 29.1 Å². The van der Waals surface area contributed by atoms with Crippen molar-refractivity contribution in [2.75, 3.05) is 7.11 Å². The van der Waals surface area contributed by atoms with E-state index in [9.17, 15) is 4.79 Å². The van der Waals surface area contributed by atoms with Gasteiger partial charge in [0, 0.05) is 17.9 Å². The molecule has 0 aromatic carbocycles. The van der Waals surface area contributed by atoms with Crippen molar-refractivity contribution in [2.45, 2.75) is 45.8 Å². The van der Waals surface area contributed by atoms with Crippen LogP contribution >= 0.6 is 11.8 Å². The van der Waals surface area contributed by atoms with E-state index >= 15 is 0 Å². The number of thioether (sulfide) groups is 1. The number of nitrogens with one attached hydrogen (secondary N) is 1. The normalized spacial score (nSPS) is 11.3. The van der Waals surface area contributed by atoms with E-state index in [4.69, 9.17) is 11.1 Å². The summed E-state index contributed by atoms with van der Waals surface area (Å²) in [7, 11) is 1.39. The number of carbonyl (C=O) groups excluding carboxylic acids is 1. The molecule has 5 nitrogen and oxygen atoms in total. The van der Waals surface area contributed by atoms with Crippen molar-refractivity contribution in [3.63, 3.8) is 0 Å². The molecule has 1 rings (SSSR count). The van der Waals surface area contributed by atoms with Crippen LogP contribution in [0.1, 0.15) is 44.1 Å². The van der Waals surface area contributed by atoms with Crippen LogP contribution in [0.25, 0.3) is 0 Å². The third kappa shape index (κ3) is 7.45. The third-order valence-corrected chi connectivity index (χ3v) is 3.67. The van der Waals surface area contributed by atoms with Crippen LogP contribution in [0.5, 0.6) is 0 Å². The predicted molar refractivity (Wildman–Crippen MR) is 90.9 cm³/mol. The summed E-state index contributed by atoms with van der Waals surface area (Å²) in [6.45, 7) is 6.56. The second-order valence-electron chi connectivity index (χ2n) is 6.42. The van der Waals surface area contributed by atoms with Gasteiger partial charge in [-0.2, -0.15) is 0 Å². The number of nitrogens with two attached hydrogens (primary N) is 1. The summed E-state index contributed by atoms with van der Waals surface area (Å²) >= 11 is 1.26. The molecule has 122 valence electrons. The Morgan fingerprint density at radius 1 is 1.36 bits per heavy atom. The molecule has 22 heavy (non-hydrogen) atoms. The first-order chi connectivity index (χ1) is 10.2. The SMILES string of the molecule is COC(=O)CCc1cc(CC(C)(C)C)cc(CSC(=N)N)n1. The van der Waals surface area contributed by atoms with Crippen molar-refractivity contribution in [1.29, 1.82) is 5.41 Å². The smallest absolute Gasteiger partial charge is 0.305 e. The average molecular weight is 323 g/mol. The maximum atomic E-state index is 11.3. The summed E-state index contributed by atoms with van der Waals surface area (Å²) < 4.78 is 4.68. The van der Waals surface area contributed by atoms with Crippen LogP contribution in [0, 0.1) is 10.8 Å². The Kier molecular flexibility index (Phi) is 6.87. The largest absolute Gasteiger partial charge is 0.469 e. The number of amidine groups is 1. The Bertz CT molecular complexity index is 539. The molecule has 0 spiro atoms. The maximum Gasteiger partial charge on any atom is 0.305 e. The van der Waals surface area contributed by atoms with Gasteiger partial charge >= 0.3 is 5.97 Å². The Morgan fingerprint density at radius 3 is 2.55 bits per heavy atom. The van der Waals surface area contributed by atoms with Crippen LogP contribution in [-0.4, -0.2) is 23.2 Å². The van der Waals surface area contributed by atoms with Crippen molar-refractivity contribution in [2.24, 2.45) is 11.1 Å². The van der Waals surface area contributed by atoms with Crippen molar-refractivity contribution >= 4 is 22.9 Å². The van der Waals surface area contributed by atoms with E-state index in [0.29, 0.717) is 18.6 Å². The Balaban J connectivity index is 2.93. The van der Waals surface area contributed by atoms with Gasteiger partial charge in [-0.05, 0) is 29.5 Å². The number of methoxy groups -OCH3 is 1. The number of hydrogen-bond donors (Lipinski definition) is 2. The molecule has 0 radical (unpaired) electrons. The summed E-state index contributed by atoms with van der Waals surface area (Å²) in [5.74, 6) is 0.334. The maximum absolute atomic E-state index is 11.3. The fourth-order valence-corrected chi connectivity index (χ4v) is 2.57. The number of rotatable bonds is 6. The fourth-order valence-electron chi connectivity index (χ4n) is 2.12. The molecule has 0 bridgehead atoms. The van der Waals surface area contributed by atoms with E-state index in [2.05, 4.69) is 42.6 Å². The Morgan fingerprint density at radius 2 is 2.00 bits per heavy atom. The molecule has 0 saturated heterocycles. The van der Waals surface area contributed by atoms with E-state index < -0.39 is 0 Å². The highest BCUT2D eigenvalue weighted by atomic mass is 32.2. The van der Waals surface area contributed by atoms with Gasteiger partial charge < -0.3 is 10.5 Å². The quantitative estimate of drug-likeness (QED) is 0.477. The molecule has 0 amide bonds. The molecule has 1 aromatic rings. The molecule has 0 aliphatic rings. The zero-order chi connectivity index (χ0) is 16.8. The zero-order valence-electron chi connectivity index (χ0n) is 13.7. The lowest BCUT2D eigenvalue weighted by atomic mass is 9.88. The topological polar surface area (TPSA) is 89.1 Å². The lowest BCUT2D eigenvalue weighted by molar-refractivity contribution is -0.140. The Labute approximate surface area is 136 Å². The van der Waals surface area contributed by atoms with Crippen LogP contribution in [-0.2, 0) is 28.1 Å². The molecule has 3 N–H and O–H groups in total. The van der Waals surface area contributed by atoms with Gasteiger partial charge in [-0.3, -0.25) is 15.2 Å². The summed E-state index contributed by atoms with van der Waals surface area (Å²) in [5.41, 5.74) is 8.53. The first-order valence-corrected chi connectivity index (χ1v) is 8.20. The molecular formula is C16H25N3O2S. The average Bonchev–Trinajstić information content (AvgIpc) is 2.40. The van der Waals surface area contributed by atoms with Gasteiger partial charge in [0.05, 0.1) is 19.2 Å². The number of aromatic nitrogens is 1. The molecule has 6 heteroatoms. The van der Waals surface area contributed by atoms with Crippen molar-refractivity contribution in [1.82, 2.24) is 4.98 Å². The zero-order valence-corrected chi connectivity index (χ0v) is 14.5. The molecule has 0 aliphatic heterocycles. The lowest BCUT2D eigenvalue weighted by Crippen LogP contribution is -2.11. The minimum atomic E-state index is -0.234. The van der Waals surface area contributed by atoms with Gasteiger partial charge in [-0.15, -0.1) is 0 Å². The summed E-state index contributed by atoms with van der Waals surface area (Å²) in [6.07, 6.45) is 1.81. The van der Waals surface area contributed by atoms with Crippen LogP contribution in [0.3, 0.4) is 0 Å². The van der Waals surface area contributed by atoms with Gasteiger partial charge in [-0.1, -0.05) is 32.5 Å². The summed E-state index contributed by atoms with van der Waals surface area (Å²) in [5, 5.41) is 7.39.